The lowest BCUT2D eigenvalue weighted by atomic mass is 9.91. The summed E-state index contributed by atoms with van der Waals surface area (Å²) < 4.78 is 52.0. The lowest BCUT2D eigenvalue weighted by Gasteiger charge is -2.45. The number of anilines is 1. The van der Waals surface area contributed by atoms with Crippen molar-refractivity contribution in [1.29, 1.82) is 0 Å². The first-order chi connectivity index (χ1) is 20.0. The molecule has 0 unspecified atom stereocenters. The molecule has 3 aromatic rings. The van der Waals surface area contributed by atoms with Crippen LogP contribution in [0.25, 0.3) is 22.0 Å². The molecule has 1 amide bonds. The van der Waals surface area contributed by atoms with E-state index in [1.165, 1.54) is 28.5 Å². The summed E-state index contributed by atoms with van der Waals surface area (Å²) in [5.74, 6) is 0.611. The third kappa shape index (κ3) is 4.80. The minimum atomic E-state index is -4.64. The molecule has 3 heterocycles. The number of alkyl halides is 3. The van der Waals surface area contributed by atoms with Gasteiger partial charge in [0.25, 0.3) is 0 Å². The van der Waals surface area contributed by atoms with Gasteiger partial charge in [-0.2, -0.15) is 18.2 Å². The monoisotopic (exact) mass is 598 g/mol. The molecule has 1 saturated carbocycles. The molecule has 0 N–H and O–H groups in total. The van der Waals surface area contributed by atoms with Gasteiger partial charge in [-0.15, -0.1) is 11.8 Å². The molecule has 222 valence electrons. The Morgan fingerprint density at radius 1 is 1.19 bits per heavy atom. The van der Waals surface area contributed by atoms with E-state index in [-0.39, 0.29) is 53.3 Å². The Labute approximate surface area is 246 Å². The zero-order chi connectivity index (χ0) is 29.9. The molecule has 3 atom stereocenters. The second kappa shape index (κ2) is 10.8. The molecule has 3 aliphatic rings. The molecule has 7 nitrogen and oxygen atoms in total. The number of amides is 1. The number of rotatable bonds is 6. The van der Waals surface area contributed by atoms with E-state index in [2.05, 4.69) is 11.6 Å². The highest BCUT2D eigenvalue weighted by atomic mass is 32.2. The predicted molar refractivity (Wildman–Crippen MR) is 158 cm³/mol. The van der Waals surface area contributed by atoms with Crippen molar-refractivity contribution in [3.05, 3.63) is 64.6 Å². The second-order valence-corrected chi connectivity index (χ2v) is 12.5. The van der Waals surface area contributed by atoms with Crippen molar-refractivity contribution in [2.45, 2.75) is 61.8 Å². The summed E-state index contributed by atoms with van der Waals surface area (Å²) in [4.78, 5) is 34.7. The molecule has 2 fully saturated rings. The summed E-state index contributed by atoms with van der Waals surface area (Å²) in [6.45, 7) is 8.20. The maximum Gasteiger partial charge on any atom is 0.417 e. The Hall–Kier alpha value is -3.31. The molecule has 42 heavy (non-hydrogen) atoms. The average molecular weight is 599 g/mol. The minimum Gasteiger partial charge on any atom is -0.383 e. The molecule has 11 heteroatoms. The Morgan fingerprint density at radius 2 is 1.88 bits per heavy atom. The van der Waals surface area contributed by atoms with Crippen molar-refractivity contribution >= 4 is 34.4 Å². The Kier molecular flexibility index (Phi) is 7.37. The number of hydrogen-bond donors (Lipinski definition) is 0. The van der Waals surface area contributed by atoms with Crippen LogP contribution in [0.1, 0.15) is 49.8 Å². The fourth-order valence-corrected chi connectivity index (χ4v) is 7.96. The number of nitrogens with zero attached hydrogens (tertiary/aromatic N) is 4. The Morgan fingerprint density at radius 3 is 2.50 bits per heavy atom. The number of thioether (sulfide) groups is 1. The van der Waals surface area contributed by atoms with Crippen LogP contribution in [-0.4, -0.2) is 65.0 Å². The van der Waals surface area contributed by atoms with Gasteiger partial charge in [-0.3, -0.25) is 9.36 Å². The first-order valence-electron chi connectivity index (χ1n) is 14.2. The van der Waals surface area contributed by atoms with Crippen LogP contribution in [0.5, 0.6) is 0 Å². The number of halogens is 3. The van der Waals surface area contributed by atoms with Gasteiger partial charge in [-0.05, 0) is 55.9 Å². The standard InChI is InChI=1S/C31H33F3N4O3S/c1-5-25(39)37-17(2)13-36(14-18(37)3)29-23-12-24(31(32,33)34)26(22-9-7-6-8-21(22)19-10-11-19)28-27(23)38(30(40)35-29)20(15-41-4)16-42-28/h5-9,12,17-20H,1,10-11,13-16H2,2-4H3/t17-,18+,20-/m0/s1. The number of hydrogen-bond acceptors (Lipinski definition) is 6. The number of aromatic nitrogens is 2. The van der Waals surface area contributed by atoms with Crippen LogP contribution in [0.15, 0.2) is 52.7 Å². The van der Waals surface area contributed by atoms with E-state index in [4.69, 9.17) is 4.74 Å². The molecule has 1 aliphatic carbocycles. The maximum absolute atomic E-state index is 15.0. The smallest absolute Gasteiger partial charge is 0.383 e. The van der Waals surface area contributed by atoms with E-state index < -0.39 is 17.4 Å². The highest BCUT2D eigenvalue weighted by Gasteiger charge is 2.41. The van der Waals surface area contributed by atoms with Gasteiger partial charge in [0.05, 0.1) is 23.7 Å². The summed E-state index contributed by atoms with van der Waals surface area (Å²) >= 11 is 1.34. The van der Waals surface area contributed by atoms with Crippen molar-refractivity contribution in [2.75, 3.05) is 37.5 Å². The van der Waals surface area contributed by atoms with Gasteiger partial charge in [-0.1, -0.05) is 30.8 Å². The zero-order valence-corrected chi connectivity index (χ0v) is 24.6. The van der Waals surface area contributed by atoms with Gasteiger partial charge in [0.2, 0.25) is 5.91 Å². The number of carbonyl (C=O) groups is 1. The SMILES string of the molecule is C=CC(=O)N1[C@H](C)CN(c2nc(=O)n3c4c(c(-c5ccccc5C5CC5)c(C(F)(F)F)cc24)SC[C@@H]3COC)C[C@@H]1C. The van der Waals surface area contributed by atoms with E-state index in [9.17, 15) is 9.59 Å². The summed E-state index contributed by atoms with van der Waals surface area (Å²) in [5.41, 5.74) is 0.816. The van der Waals surface area contributed by atoms with E-state index in [1.54, 1.807) is 24.1 Å². The largest absolute Gasteiger partial charge is 0.417 e. The first-order valence-corrected chi connectivity index (χ1v) is 15.1. The molecular weight excluding hydrogens is 565 g/mol. The molecule has 1 aromatic heterocycles. The van der Waals surface area contributed by atoms with Crippen LogP contribution in [0.3, 0.4) is 0 Å². The molecule has 0 spiro atoms. The number of methoxy groups -OCH3 is 1. The van der Waals surface area contributed by atoms with Crippen LogP contribution in [-0.2, 0) is 15.7 Å². The van der Waals surface area contributed by atoms with Crippen molar-refractivity contribution in [3.63, 3.8) is 0 Å². The molecule has 1 saturated heterocycles. The van der Waals surface area contributed by atoms with Crippen molar-refractivity contribution in [2.24, 2.45) is 0 Å². The number of ether oxygens (including phenoxy) is 1. The van der Waals surface area contributed by atoms with E-state index in [1.807, 2.05) is 30.9 Å². The van der Waals surface area contributed by atoms with Crippen molar-refractivity contribution in [1.82, 2.24) is 14.5 Å². The summed E-state index contributed by atoms with van der Waals surface area (Å²) in [7, 11) is 1.54. The van der Waals surface area contributed by atoms with Gasteiger partial charge in [0.15, 0.2) is 0 Å². The van der Waals surface area contributed by atoms with Gasteiger partial charge in [-0.25, -0.2) is 4.79 Å². The summed E-state index contributed by atoms with van der Waals surface area (Å²) in [5, 5.41) is 0.278. The predicted octanol–water partition coefficient (Wildman–Crippen LogP) is 5.86. The third-order valence-corrected chi connectivity index (χ3v) is 9.73. The quantitative estimate of drug-likeness (QED) is 0.331. The first kappa shape index (κ1) is 28.8. The number of piperazine rings is 1. The minimum absolute atomic E-state index is 0.131. The van der Waals surface area contributed by atoms with E-state index >= 15 is 13.2 Å². The van der Waals surface area contributed by atoms with Crippen LogP contribution >= 0.6 is 11.8 Å². The lowest BCUT2D eigenvalue weighted by Crippen LogP contribution is -2.58. The van der Waals surface area contributed by atoms with Gasteiger partial charge in [0.1, 0.15) is 5.82 Å². The Bertz CT molecular complexity index is 1620. The average Bonchev–Trinajstić information content (AvgIpc) is 3.79. The Balaban J connectivity index is 1.64. The van der Waals surface area contributed by atoms with Crippen LogP contribution in [0.4, 0.5) is 19.0 Å². The molecule has 0 radical (unpaired) electrons. The van der Waals surface area contributed by atoms with E-state index in [0.29, 0.717) is 34.8 Å². The van der Waals surface area contributed by atoms with E-state index in [0.717, 1.165) is 18.4 Å². The highest BCUT2D eigenvalue weighted by molar-refractivity contribution is 7.99. The topological polar surface area (TPSA) is 67.7 Å². The molecule has 2 aliphatic heterocycles. The van der Waals surface area contributed by atoms with Crippen LogP contribution in [0.2, 0.25) is 0 Å². The fraction of sp³-hybridized carbons (Fsp3) is 0.452. The number of carbonyl (C=O) groups excluding carboxylic acids is 1. The van der Waals surface area contributed by atoms with Gasteiger partial charge in [0, 0.05) is 53.9 Å². The van der Waals surface area contributed by atoms with Crippen molar-refractivity contribution in [3.8, 4) is 11.1 Å². The van der Waals surface area contributed by atoms with Crippen LogP contribution in [0, 0.1) is 0 Å². The molecule has 2 aromatic carbocycles. The maximum atomic E-state index is 15.0. The third-order valence-electron chi connectivity index (χ3n) is 8.49. The highest BCUT2D eigenvalue weighted by Crippen LogP contribution is 2.53. The molecular formula is C31H33F3N4O3S. The summed E-state index contributed by atoms with van der Waals surface area (Å²) in [6.07, 6.45) is -1.49. The second-order valence-electron chi connectivity index (χ2n) is 11.4. The van der Waals surface area contributed by atoms with Crippen LogP contribution < -0.4 is 10.6 Å². The van der Waals surface area contributed by atoms with Gasteiger partial charge < -0.3 is 14.5 Å². The normalized spacial score (nSPS) is 22.5. The molecule has 0 bridgehead atoms. The lowest BCUT2D eigenvalue weighted by molar-refractivity contribution is -0.137. The number of benzene rings is 2. The fourth-order valence-electron chi connectivity index (χ4n) is 6.65. The molecule has 6 rings (SSSR count). The van der Waals surface area contributed by atoms with Crippen molar-refractivity contribution < 1.29 is 22.7 Å². The summed E-state index contributed by atoms with van der Waals surface area (Å²) in [6, 6.07) is 7.60. The van der Waals surface area contributed by atoms with Gasteiger partial charge >= 0.3 is 11.9 Å². The zero-order valence-electron chi connectivity index (χ0n) is 23.8.